The van der Waals surface area contributed by atoms with Gasteiger partial charge in [-0.15, -0.1) is 0 Å². The van der Waals surface area contributed by atoms with E-state index < -0.39 is 5.60 Å². The molecule has 158 valence electrons. The lowest BCUT2D eigenvalue weighted by Crippen LogP contribution is -2.52. The minimum Gasteiger partial charge on any atom is -0.385 e. The summed E-state index contributed by atoms with van der Waals surface area (Å²) >= 11 is 0. The predicted molar refractivity (Wildman–Crippen MR) is 111 cm³/mol. The predicted octanol–water partition coefficient (Wildman–Crippen LogP) is 2.37. The number of nitrogens with zero attached hydrogens (tertiary/aromatic N) is 5. The number of ether oxygens (including phenoxy) is 1. The monoisotopic (exact) mass is 409 g/mol. The molecule has 30 heavy (non-hydrogen) atoms. The van der Waals surface area contributed by atoms with Crippen LogP contribution in [-0.2, 0) is 10.3 Å². The second-order valence-electron chi connectivity index (χ2n) is 9.18. The van der Waals surface area contributed by atoms with E-state index in [2.05, 4.69) is 27.6 Å². The number of rotatable bonds is 3. The zero-order valence-electron chi connectivity index (χ0n) is 17.1. The van der Waals surface area contributed by atoms with Crippen LogP contribution in [-0.4, -0.2) is 49.4 Å². The van der Waals surface area contributed by atoms with Gasteiger partial charge in [0.25, 0.3) is 0 Å². The smallest absolute Gasteiger partial charge is 0.177 e. The molecule has 1 aliphatic heterocycles. The first-order valence-electron chi connectivity index (χ1n) is 10.8. The second-order valence-corrected chi connectivity index (χ2v) is 9.18. The average Bonchev–Trinajstić information content (AvgIpc) is 3.14. The summed E-state index contributed by atoms with van der Waals surface area (Å²) in [6.07, 6.45) is 9.94. The first kappa shape index (κ1) is 18.3. The summed E-state index contributed by atoms with van der Waals surface area (Å²) in [6, 6.07) is 4.02. The van der Waals surface area contributed by atoms with Crippen molar-refractivity contribution >= 4 is 16.9 Å². The molecule has 0 radical (unpaired) electrons. The molecule has 1 atom stereocenters. The van der Waals surface area contributed by atoms with Gasteiger partial charge in [0, 0.05) is 17.6 Å². The number of fused-ring (bicyclic) bond motifs is 1. The Morgan fingerprint density at radius 2 is 1.97 bits per heavy atom. The Morgan fingerprint density at radius 3 is 2.67 bits per heavy atom. The van der Waals surface area contributed by atoms with Gasteiger partial charge in [0.2, 0.25) is 0 Å². The molecule has 9 nitrogen and oxygen atoms in total. The van der Waals surface area contributed by atoms with Crippen LogP contribution in [0.25, 0.3) is 16.9 Å². The molecule has 0 unspecified atom stereocenters. The normalized spacial score (nSPS) is 25.1. The molecule has 2 saturated carbocycles. The Hall–Kier alpha value is -2.49. The average molecular weight is 409 g/mol. The van der Waals surface area contributed by atoms with Crippen LogP contribution in [0.5, 0.6) is 0 Å². The summed E-state index contributed by atoms with van der Waals surface area (Å²) in [5.74, 6) is 1.45. The van der Waals surface area contributed by atoms with E-state index >= 15 is 0 Å². The highest BCUT2D eigenvalue weighted by Gasteiger charge is 2.49. The third-order valence-corrected chi connectivity index (χ3v) is 7.21. The highest BCUT2D eigenvalue weighted by atomic mass is 16.5. The van der Waals surface area contributed by atoms with E-state index in [1.54, 1.807) is 10.9 Å². The summed E-state index contributed by atoms with van der Waals surface area (Å²) in [4.78, 5) is 4.94. The van der Waals surface area contributed by atoms with Crippen molar-refractivity contribution in [1.82, 2.24) is 30.4 Å². The molecule has 3 N–H and O–H groups in total. The topological polar surface area (TPSA) is 104 Å². The minimum absolute atomic E-state index is 0.119. The van der Waals surface area contributed by atoms with Gasteiger partial charge in [0.05, 0.1) is 24.4 Å². The maximum atomic E-state index is 11.8. The lowest BCUT2D eigenvalue weighted by Gasteiger charge is -2.38. The van der Waals surface area contributed by atoms with Crippen LogP contribution in [0.3, 0.4) is 0 Å². The van der Waals surface area contributed by atoms with E-state index in [4.69, 9.17) is 9.72 Å². The first-order valence-corrected chi connectivity index (χ1v) is 10.8. The Balaban J connectivity index is 1.50. The molecular formula is C21H27N7O2. The maximum absolute atomic E-state index is 11.8. The Bertz CT molecular complexity index is 1060. The molecule has 0 aromatic carbocycles. The number of aromatic amines is 1. The number of hydrogen-bond acceptors (Lipinski definition) is 7. The van der Waals surface area contributed by atoms with Gasteiger partial charge >= 0.3 is 0 Å². The number of aromatic nitrogens is 5. The van der Waals surface area contributed by atoms with Crippen molar-refractivity contribution in [2.75, 3.05) is 18.3 Å². The number of pyridine rings is 1. The van der Waals surface area contributed by atoms with E-state index in [0.717, 1.165) is 42.5 Å². The molecule has 4 heterocycles. The first-order chi connectivity index (χ1) is 14.6. The molecule has 0 amide bonds. The Labute approximate surface area is 174 Å². The van der Waals surface area contributed by atoms with E-state index in [-0.39, 0.29) is 6.04 Å². The van der Waals surface area contributed by atoms with Crippen LogP contribution >= 0.6 is 0 Å². The summed E-state index contributed by atoms with van der Waals surface area (Å²) in [5, 5.41) is 26.4. The molecule has 0 bridgehead atoms. The fraction of sp³-hybridized carbons (Fsp3) is 0.571. The third kappa shape index (κ3) is 2.84. The largest absolute Gasteiger partial charge is 0.385 e. The molecule has 6 rings (SSSR count). The van der Waals surface area contributed by atoms with Gasteiger partial charge in [0.15, 0.2) is 11.5 Å². The molecule has 2 aliphatic carbocycles. The number of H-pyrrole nitrogens is 1. The number of anilines is 1. The van der Waals surface area contributed by atoms with Gasteiger partial charge in [-0.2, -0.15) is 14.9 Å². The SMILES string of the molecule is C[C@@H]1COCNN1c1cc(C2(O)CCC3(CC3)CC2)c2cnn(-c3cc[nH]n3)c2n1. The number of aliphatic hydroxyl groups is 1. The number of nitrogens with one attached hydrogen (secondary N) is 2. The Kier molecular flexibility index (Phi) is 3.96. The lowest BCUT2D eigenvalue weighted by molar-refractivity contribution is -0.0173. The zero-order chi connectivity index (χ0) is 20.3. The highest BCUT2D eigenvalue weighted by Crippen LogP contribution is 2.60. The Morgan fingerprint density at radius 1 is 1.17 bits per heavy atom. The quantitative estimate of drug-likeness (QED) is 0.610. The van der Waals surface area contributed by atoms with Crippen LogP contribution in [0, 0.1) is 5.41 Å². The minimum atomic E-state index is -0.862. The van der Waals surface area contributed by atoms with Gasteiger partial charge < -0.3 is 9.84 Å². The summed E-state index contributed by atoms with van der Waals surface area (Å²) in [5.41, 5.74) is 4.54. The van der Waals surface area contributed by atoms with Crippen LogP contribution in [0.4, 0.5) is 5.82 Å². The third-order valence-electron chi connectivity index (χ3n) is 7.21. The van der Waals surface area contributed by atoms with E-state index in [1.807, 2.05) is 23.3 Å². The van der Waals surface area contributed by atoms with Crippen LogP contribution in [0.2, 0.25) is 0 Å². The molecule has 3 fully saturated rings. The highest BCUT2D eigenvalue weighted by molar-refractivity contribution is 5.83. The molecule has 3 aromatic rings. The van der Waals surface area contributed by atoms with E-state index in [1.165, 1.54) is 12.8 Å². The van der Waals surface area contributed by atoms with Crippen molar-refractivity contribution in [1.29, 1.82) is 0 Å². The molecule has 1 spiro atoms. The molecule has 3 aliphatic rings. The van der Waals surface area contributed by atoms with Crippen LogP contribution in [0.15, 0.2) is 24.5 Å². The fourth-order valence-electron chi connectivity index (χ4n) is 5.06. The van der Waals surface area contributed by atoms with Gasteiger partial charge in [-0.3, -0.25) is 10.1 Å². The van der Waals surface area contributed by atoms with E-state index in [0.29, 0.717) is 30.2 Å². The zero-order valence-corrected chi connectivity index (χ0v) is 17.1. The van der Waals surface area contributed by atoms with Crippen molar-refractivity contribution in [2.45, 2.75) is 57.1 Å². The van der Waals surface area contributed by atoms with Gasteiger partial charge in [-0.25, -0.2) is 10.4 Å². The van der Waals surface area contributed by atoms with Crippen LogP contribution in [0.1, 0.15) is 51.0 Å². The number of hydrogen-bond donors (Lipinski definition) is 3. The van der Waals surface area contributed by atoms with E-state index in [9.17, 15) is 5.11 Å². The number of hydrazine groups is 1. The summed E-state index contributed by atoms with van der Waals surface area (Å²) in [6.45, 7) is 3.15. The molecular weight excluding hydrogens is 382 g/mol. The van der Waals surface area contributed by atoms with Gasteiger partial charge in [0.1, 0.15) is 12.5 Å². The molecule has 1 saturated heterocycles. The second kappa shape index (κ2) is 6.50. The van der Waals surface area contributed by atoms with Crippen molar-refractivity contribution < 1.29 is 9.84 Å². The van der Waals surface area contributed by atoms with Gasteiger partial charge in [-0.05, 0) is 62.5 Å². The van der Waals surface area contributed by atoms with Gasteiger partial charge in [-0.1, -0.05) is 0 Å². The lowest BCUT2D eigenvalue weighted by atomic mass is 9.73. The molecule has 9 heteroatoms. The fourth-order valence-corrected chi connectivity index (χ4v) is 5.06. The van der Waals surface area contributed by atoms with Crippen molar-refractivity contribution in [3.63, 3.8) is 0 Å². The molecule has 3 aromatic heterocycles. The van der Waals surface area contributed by atoms with Crippen molar-refractivity contribution in [3.8, 4) is 5.82 Å². The maximum Gasteiger partial charge on any atom is 0.177 e. The standard InChI is InChI=1S/C21H27N7O2/c1-14-12-30-13-24-27(14)18-10-16(21(29)7-5-20(3-4-20)6-8-21)15-11-23-28(19(15)25-18)17-2-9-22-26-17/h2,9-11,14,24,29H,3-8,12-13H2,1H3,(H,22,26)/t14-/m1/s1. The summed E-state index contributed by atoms with van der Waals surface area (Å²) in [7, 11) is 0. The summed E-state index contributed by atoms with van der Waals surface area (Å²) < 4.78 is 7.26. The van der Waals surface area contributed by atoms with Crippen molar-refractivity contribution in [2.24, 2.45) is 5.41 Å². The van der Waals surface area contributed by atoms with Crippen LogP contribution < -0.4 is 10.4 Å². The van der Waals surface area contributed by atoms with Crippen molar-refractivity contribution in [3.05, 3.63) is 30.1 Å².